The summed E-state index contributed by atoms with van der Waals surface area (Å²) in [6.45, 7) is 8.10. The number of piperazine rings is 1. The highest BCUT2D eigenvalue weighted by molar-refractivity contribution is 5.87. The Labute approximate surface area is 195 Å². The molecule has 2 atom stereocenters. The van der Waals surface area contributed by atoms with Crippen molar-refractivity contribution in [2.75, 3.05) is 44.7 Å². The highest BCUT2D eigenvalue weighted by atomic mass is 16.5. The lowest BCUT2D eigenvalue weighted by molar-refractivity contribution is -0.128. The molecule has 1 saturated carbocycles. The highest BCUT2D eigenvalue weighted by Crippen LogP contribution is 2.47. The van der Waals surface area contributed by atoms with E-state index in [0.717, 1.165) is 55.8 Å². The predicted octanol–water partition coefficient (Wildman–Crippen LogP) is 1.24. The molecule has 4 aliphatic rings. The quantitative estimate of drug-likeness (QED) is 0.646. The zero-order valence-electron chi connectivity index (χ0n) is 19.4. The molecule has 0 bridgehead atoms. The Bertz CT molecular complexity index is 970. The number of anilines is 1. The van der Waals surface area contributed by atoms with Gasteiger partial charge in [-0.25, -0.2) is 0 Å². The molecular weight excluding hydrogens is 418 g/mol. The first-order valence-electron chi connectivity index (χ1n) is 12.1. The van der Waals surface area contributed by atoms with Crippen molar-refractivity contribution in [2.24, 2.45) is 0 Å². The fourth-order valence-corrected chi connectivity index (χ4v) is 5.74. The molecule has 3 fully saturated rings. The Hall–Kier alpha value is -2.70. The molecule has 3 aliphatic heterocycles. The highest BCUT2D eigenvalue weighted by Gasteiger charge is 2.55. The van der Waals surface area contributed by atoms with E-state index in [1.807, 2.05) is 0 Å². The standard InChI is InChI=1S/C24H33N7O2/c1-3-21(32)31-14-13-30(16-17(31)6-10-25)22-18-7-11-26-15-19(18)27-23(28-22)33-24(8-9-24)20-5-4-12-29(20)2/h3,17,20,26H,1,4-9,11-16H2,2H3/t17-,20-/m0/s1. The van der Waals surface area contributed by atoms with Crippen LogP contribution in [0.5, 0.6) is 6.01 Å². The molecule has 1 aromatic rings. The number of nitrogens with one attached hydrogen (secondary N) is 1. The van der Waals surface area contributed by atoms with Crippen molar-refractivity contribution in [3.63, 3.8) is 0 Å². The van der Waals surface area contributed by atoms with Crippen LogP contribution in [0.3, 0.4) is 0 Å². The van der Waals surface area contributed by atoms with Crippen molar-refractivity contribution in [3.05, 3.63) is 23.9 Å². The number of hydrogen-bond acceptors (Lipinski definition) is 8. The van der Waals surface area contributed by atoms with Gasteiger partial charge in [-0.1, -0.05) is 6.58 Å². The maximum Gasteiger partial charge on any atom is 0.319 e. The third kappa shape index (κ3) is 4.18. The predicted molar refractivity (Wildman–Crippen MR) is 124 cm³/mol. The molecule has 1 amide bonds. The smallest absolute Gasteiger partial charge is 0.319 e. The summed E-state index contributed by atoms with van der Waals surface area (Å²) in [5.74, 6) is 0.782. The second-order valence-corrected chi connectivity index (χ2v) is 9.69. The number of aromatic nitrogens is 2. The number of hydrogen-bond donors (Lipinski definition) is 1. The summed E-state index contributed by atoms with van der Waals surface area (Å²) in [6, 6.07) is 2.94. The van der Waals surface area contributed by atoms with Gasteiger partial charge in [0.25, 0.3) is 0 Å². The second kappa shape index (κ2) is 8.92. The zero-order valence-corrected chi connectivity index (χ0v) is 19.4. The minimum atomic E-state index is -0.187. The topological polar surface area (TPSA) is 97.6 Å². The van der Waals surface area contributed by atoms with Crippen LogP contribution in [-0.4, -0.2) is 83.1 Å². The first kappa shape index (κ1) is 22.1. The van der Waals surface area contributed by atoms with Crippen LogP contribution in [0.25, 0.3) is 0 Å². The van der Waals surface area contributed by atoms with Crippen LogP contribution in [0.1, 0.15) is 43.4 Å². The number of fused-ring (bicyclic) bond motifs is 1. The van der Waals surface area contributed by atoms with Gasteiger partial charge < -0.3 is 19.9 Å². The van der Waals surface area contributed by atoms with Gasteiger partial charge in [0.2, 0.25) is 5.91 Å². The summed E-state index contributed by atoms with van der Waals surface area (Å²) in [6.07, 6.45) is 6.93. The Kier molecular flexibility index (Phi) is 5.97. The Balaban J connectivity index is 1.43. The van der Waals surface area contributed by atoms with Gasteiger partial charge in [0, 0.05) is 37.8 Å². The third-order valence-electron chi connectivity index (χ3n) is 7.63. The van der Waals surface area contributed by atoms with Gasteiger partial charge in [0.1, 0.15) is 11.4 Å². The Morgan fingerprint density at radius 2 is 2.21 bits per heavy atom. The Morgan fingerprint density at radius 1 is 1.36 bits per heavy atom. The van der Waals surface area contributed by atoms with Crippen molar-refractivity contribution in [3.8, 4) is 12.1 Å². The number of nitrogens with zero attached hydrogens (tertiary/aromatic N) is 6. The SMILES string of the molecule is C=CC(=O)N1CCN(c2nc(OC3([C@@H]4CCCN4C)CC3)nc3c2CCNC3)C[C@@H]1CC#N. The van der Waals surface area contributed by atoms with E-state index in [1.165, 1.54) is 12.5 Å². The van der Waals surface area contributed by atoms with Gasteiger partial charge in [-0.2, -0.15) is 15.2 Å². The van der Waals surface area contributed by atoms with Gasteiger partial charge in [-0.3, -0.25) is 9.69 Å². The number of nitriles is 1. The zero-order chi connectivity index (χ0) is 23.0. The van der Waals surface area contributed by atoms with Crippen LogP contribution in [0.2, 0.25) is 0 Å². The van der Waals surface area contributed by atoms with Crippen LogP contribution in [0.4, 0.5) is 5.82 Å². The summed E-state index contributed by atoms with van der Waals surface area (Å²) in [7, 11) is 2.18. The number of amides is 1. The van der Waals surface area contributed by atoms with Crippen LogP contribution in [0, 0.1) is 11.3 Å². The molecule has 176 valence electrons. The van der Waals surface area contributed by atoms with Crippen LogP contribution in [-0.2, 0) is 17.8 Å². The molecule has 5 rings (SSSR count). The van der Waals surface area contributed by atoms with E-state index >= 15 is 0 Å². The van der Waals surface area contributed by atoms with Crippen LogP contribution >= 0.6 is 0 Å². The van der Waals surface area contributed by atoms with Gasteiger partial charge >= 0.3 is 6.01 Å². The molecule has 1 aliphatic carbocycles. The van der Waals surface area contributed by atoms with Crippen molar-refractivity contribution >= 4 is 11.7 Å². The lowest BCUT2D eigenvalue weighted by atomic mass is 10.0. The lowest BCUT2D eigenvalue weighted by Crippen LogP contribution is -2.55. The number of likely N-dealkylation sites (tertiary alicyclic amines) is 1. The van der Waals surface area contributed by atoms with E-state index in [4.69, 9.17) is 14.7 Å². The Morgan fingerprint density at radius 3 is 2.91 bits per heavy atom. The average Bonchev–Trinajstić information content (AvgIpc) is 3.47. The van der Waals surface area contributed by atoms with Crippen LogP contribution < -0.4 is 15.0 Å². The molecule has 1 aromatic heterocycles. The van der Waals surface area contributed by atoms with Crippen LogP contribution in [0.15, 0.2) is 12.7 Å². The molecule has 33 heavy (non-hydrogen) atoms. The molecule has 0 unspecified atom stereocenters. The number of ether oxygens (including phenoxy) is 1. The minimum Gasteiger partial charge on any atom is -0.455 e. The molecular formula is C24H33N7O2. The summed E-state index contributed by atoms with van der Waals surface area (Å²) >= 11 is 0. The molecule has 2 saturated heterocycles. The van der Waals surface area contributed by atoms with Crippen molar-refractivity contribution < 1.29 is 9.53 Å². The number of carbonyl (C=O) groups excluding carboxylic acids is 1. The van der Waals surface area contributed by atoms with E-state index in [2.05, 4.69) is 34.8 Å². The molecule has 1 N–H and O–H groups in total. The molecule has 4 heterocycles. The fraction of sp³-hybridized carbons (Fsp3) is 0.667. The largest absolute Gasteiger partial charge is 0.455 e. The summed E-state index contributed by atoms with van der Waals surface area (Å²) in [5.41, 5.74) is 1.98. The molecule has 9 nitrogen and oxygen atoms in total. The van der Waals surface area contributed by atoms with E-state index in [9.17, 15) is 10.1 Å². The van der Waals surface area contributed by atoms with Crippen molar-refractivity contribution in [2.45, 2.75) is 62.8 Å². The van der Waals surface area contributed by atoms with Gasteiger partial charge in [0.05, 0.1) is 24.2 Å². The van der Waals surface area contributed by atoms with Crippen molar-refractivity contribution in [1.29, 1.82) is 5.26 Å². The molecule has 0 spiro atoms. The first-order valence-corrected chi connectivity index (χ1v) is 12.1. The van der Waals surface area contributed by atoms with E-state index in [0.29, 0.717) is 38.2 Å². The maximum absolute atomic E-state index is 12.3. The average molecular weight is 452 g/mol. The van der Waals surface area contributed by atoms with E-state index in [1.54, 1.807) is 4.90 Å². The molecule has 9 heteroatoms. The lowest BCUT2D eigenvalue weighted by Gasteiger charge is -2.41. The van der Waals surface area contributed by atoms with E-state index in [-0.39, 0.29) is 24.0 Å². The number of carbonyl (C=O) groups is 1. The monoisotopic (exact) mass is 451 g/mol. The second-order valence-electron chi connectivity index (χ2n) is 9.69. The minimum absolute atomic E-state index is 0.121. The first-order chi connectivity index (χ1) is 16.0. The maximum atomic E-state index is 12.3. The molecule has 0 radical (unpaired) electrons. The number of likely N-dealkylation sites (N-methyl/N-ethyl adjacent to an activating group) is 1. The van der Waals surface area contributed by atoms with Gasteiger partial charge in [-0.15, -0.1) is 0 Å². The summed E-state index contributed by atoms with van der Waals surface area (Å²) in [5, 5.41) is 12.8. The molecule has 0 aromatic carbocycles. The van der Waals surface area contributed by atoms with E-state index < -0.39 is 0 Å². The normalized spacial score (nSPS) is 26.4. The summed E-state index contributed by atoms with van der Waals surface area (Å²) in [4.78, 5) is 28.5. The summed E-state index contributed by atoms with van der Waals surface area (Å²) < 4.78 is 6.57. The third-order valence-corrected chi connectivity index (χ3v) is 7.63. The van der Waals surface area contributed by atoms with Gasteiger partial charge in [0.15, 0.2) is 0 Å². The number of rotatable bonds is 6. The van der Waals surface area contributed by atoms with Gasteiger partial charge in [-0.05, 0) is 58.3 Å². The fourth-order valence-electron chi connectivity index (χ4n) is 5.74. The van der Waals surface area contributed by atoms with Crippen molar-refractivity contribution in [1.82, 2.24) is 25.1 Å².